The van der Waals surface area contributed by atoms with Crippen LogP contribution >= 0.6 is 0 Å². The van der Waals surface area contributed by atoms with Gasteiger partial charge in [0.1, 0.15) is 0 Å². The molecule has 4 unspecified atom stereocenters. The maximum atomic E-state index is 12.2. The van der Waals surface area contributed by atoms with Crippen LogP contribution in [0.15, 0.2) is 78.9 Å². The molecule has 1 aliphatic rings. The van der Waals surface area contributed by atoms with Gasteiger partial charge in [0.15, 0.2) is 0 Å². The number of aliphatic carboxylic acids is 2. The average Bonchev–Trinajstić information content (AvgIpc) is 2.99. The molecule has 3 aromatic carbocycles. The van der Waals surface area contributed by atoms with E-state index in [1.807, 2.05) is 18.2 Å². The molecule has 0 spiro atoms. The molecule has 0 aliphatic heterocycles. The molecule has 43 heavy (non-hydrogen) atoms. The van der Waals surface area contributed by atoms with Crippen molar-refractivity contribution in [1.29, 1.82) is 0 Å². The van der Waals surface area contributed by atoms with E-state index in [0.717, 1.165) is 30.5 Å². The molecule has 0 saturated heterocycles. The molecule has 228 valence electrons. The Kier molecular flexibility index (Phi) is 12.4. The Hall–Kier alpha value is -4.54. The van der Waals surface area contributed by atoms with Gasteiger partial charge in [-0.15, -0.1) is 0 Å². The van der Waals surface area contributed by atoms with Crippen LogP contribution in [0.1, 0.15) is 63.1 Å². The number of ether oxygens (including phenoxy) is 2. The molecule has 0 bridgehead atoms. The molecule has 0 heterocycles. The normalized spacial score (nSPS) is 17.4. The van der Waals surface area contributed by atoms with Crippen molar-refractivity contribution in [2.45, 2.75) is 70.4 Å². The number of hydrogen-bond acceptors (Lipinski definition) is 8. The average molecular weight is 592 g/mol. The van der Waals surface area contributed by atoms with Crippen LogP contribution < -0.4 is 5.32 Å². The van der Waals surface area contributed by atoms with E-state index >= 15 is 0 Å². The number of carboxylic acid groups (broad SMARTS) is 2. The van der Waals surface area contributed by atoms with Gasteiger partial charge in [-0.05, 0) is 56.5 Å². The molecule has 10 nitrogen and oxygen atoms in total. The van der Waals surface area contributed by atoms with Gasteiger partial charge in [-0.3, -0.25) is 0 Å². The number of carbonyl (C=O) groups is 4. The van der Waals surface area contributed by atoms with Gasteiger partial charge in [0.2, 0.25) is 12.2 Å². The van der Waals surface area contributed by atoms with Gasteiger partial charge in [-0.25, -0.2) is 19.2 Å². The van der Waals surface area contributed by atoms with Gasteiger partial charge in [-0.1, -0.05) is 78.6 Å². The van der Waals surface area contributed by atoms with E-state index in [1.165, 1.54) is 42.7 Å². The predicted molar refractivity (Wildman–Crippen MR) is 158 cm³/mol. The molecule has 1 fully saturated rings. The highest BCUT2D eigenvalue weighted by Gasteiger charge is 2.41. The molecular formula is C33H37NO9. The van der Waals surface area contributed by atoms with E-state index in [-0.39, 0.29) is 17.2 Å². The second-order valence-corrected chi connectivity index (χ2v) is 10.4. The zero-order valence-corrected chi connectivity index (χ0v) is 24.1. The van der Waals surface area contributed by atoms with Crippen LogP contribution in [0.3, 0.4) is 0 Å². The quantitative estimate of drug-likeness (QED) is 0.250. The summed E-state index contributed by atoms with van der Waals surface area (Å²) < 4.78 is 9.64. The van der Waals surface area contributed by atoms with E-state index < -0.39 is 36.1 Å². The number of esters is 2. The number of nitrogens with one attached hydrogen (secondary N) is 1. The number of rotatable bonds is 10. The number of carbonyl (C=O) groups excluding carboxylic acids is 2. The maximum absolute atomic E-state index is 12.2. The monoisotopic (exact) mass is 591 g/mol. The van der Waals surface area contributed by atoms with Crippen molar-refractivity contribution in [3.05, 3.63) is 107 Å². The highest BCUT2D eigenvalue weighted by atomic mass is 16.6. The summed E-state index contributed by atoms with van der Waals surface area (Å²) in [5.74, 6) is -5.62. The minimum Gasteiger partial charge on any atom is -0.478 e. The zero-order valence-electron chi connectivity index (χ0n) is 24.1. The maximum Gasteiger partial charge on any atom is 0.349 e. The lowest BCUT2D eigenvalue weighted by Crippen LogP contribution is -2.45. The standard InChI is InChI=1S/C20H18O8.C13H19NO/c1-11-3-7-13(8-4-11)19(25)27-15(17(21)22)16(18(23)24)28-20(26)14-9-5-12(2)6-10-14;15-13-9-5-4-8-12(13)14-10-11-6-2-1-3-7-11/h3-10,15-16H,1-2H3,(H,21,22)(H,23,24);1-3,6-7,12-15H,4-5,8-10H2. The molecule has 3 aromatic rings. The molecule has 4 N–H and O–H groups in total. The Labute approximate surface area is 250 Å². The SMILES string of the molecule is Cc1ccc(C(=O)OC(C(=O)O)C(OC(=O)c2ccc(C)cc2)C(=O)O)cc1.OC1CCCCC1NCc1ccccc1. The predicted octanol–water partition coefficient (Wildman–Crippen LogP) is 4.30. The number of benzene rings is 3. The van der Waals surface area contributed by atoms with Gasteiger partial charge in [0, 0.05) is 12.6 Å². The summed E-state index contributed by atoms with van der Waals surface area (Å²) in [5.41, 5.74) is 3.08. The second kappa shape index (κ2) is 16.2. The molecule has 4 rings (SSSR count). The van der Waals surface area contributed by atoms with E-state index in [4.69, 9.17) is 9.47 Å². The molecule has 0 radical (unpaired) electrons. The summed E-state index contributed by atoms with van der Waals surface area (Å²) >= 11 is 0. The second-order valence-electron chi connectivity index (χ2n) is 10.4. The number of aliphatic hydroxyl groups excluding tert-OH is 1. The van der Waals surface area contributed by atoms with Gasteiger partial charge in [0.05, 0.1) is 17.2 Å². The highest BCUT2D eigenvalue weighted by Crippen LogP contribution is 2.19. The van der Waals surface area contributed by atoms with Crippen molar-refractivity contribution >= 4 is 23.9 Å². The summed E-state index contributed by atoms with van der Waals surface area (Å²) in [5, 5.41) is 31.9. The first-order valence-corrected chi connectivity index (χ1v) is 14.0. The number of aliphatic hydroxyl groups is 1. The Morgan fingerprint density at radius 1 is 0.721 bits per heavy atom. The van der Waals surface area contributed by atoms with E-state index in [0.29, 0.717) is 6.04 Å². The Morgan fingerprint density at radius 2 is 1.16 bits per heavy atom. The topological polar surface area (TPSA) is 159 Å². The first-order valence-electron chi connectivity index (χ1n) is 14.0. The lowest BCUT2D eigenvalue weighted by molar-refractivity contribution is -0.166. The van der Waals surface area contributed by atoms with Gasteiger partial charge in [0.25, 0.3) is 0 Å². The summed E-state index contributed by atoms with van der Waals surface area (Å²) in [7, 11) is 0. The molecule has 1 saturated carbocycles. The number of hydrogen-bond donors (Lipinski definition) is 4. The zero-order chi connectivity index (χ0) is 31.4. The molecule has 1 aliphatic carbocycles. The van der Waals surface area contributed by atoms with E-state index in [1.54, 1.807) is 38.1 Å². The van der Waals surface area contributed by atoms with E-state index in [2.05, 4.69) is 17.4 Å². The van der Waals surface area contributed by atoms with Crippen LogP contribution in [0.5, 0.6) is 0 Å². The molecule has 4 atom stereocenters. The summed E-state index contributed by atoms with van der Waals surface area (Å²) in [6.07, 6.45) is -0.127. The van der Waals surface area contributed by atoms with Crippen LogP contribution in [0.25, 0.3) is 0 Å². The van der Waals surface area contributed by atoms with Crippen LogP contribution in [-0.4, -0.2) is 63.6 Å². The largest absolute Gasteiger partial charge is 0.478 e. The van der Waals surface area contributed by atoms with Crippen molar-refractivity contribution in [3.8, 4) is 0 Å². The number of aryl methyl sites for hydroxylation is 2. The third-order valence-corrected chi connectivity index (χ3v) is 6.94. The summed E-state index contributed by atoms with van der Waals surface area (Å²) in [4.78, 5) is 47.3. The fourth-order valence-corrected chi connectivity index (χ4v) is 4.42. The minimum absolute atomic E-state index is 0.0332. The van der Waals surface area contributed by atoms with Crippen molar-refractivity contribution in [3.63, 3.8) is 0 Å². The van der Waals surface area contributed by atoms with Gasteiger partial charge >= 0.3 is 23.9 Å². The lowest BCUT2D eigenvalue weighted by atomic mass is 9.92. The lowest BCUT2D eigenvalue weighted by Gasteiger charge is -2.28. The molecule has 0 amide bonds. The fraction of sp³-hybridized carbons (Fsp3) is 0.333. The third kappa shape index (κ3) is 10.4. The number of carboxylic acids is 2. The van der Waals surface area contributed by atoms with Gasteiger partial charge in [-0.2, -0.15) is 0 Å². The summed E-state index contributed by atoms with van der Waals surface area (Å²) in [6, 6.07) is 22.7. The smallest absolute Gasteiger partial charge is 0.349 e. The first kappa shape index (κ1) is 33.0. The van der Waals surface area contributed by atoms with Crippen LogP contribution in [0.2, 0.25) is 0 Å². The van der Waals surface area contributed by atoms with Crippen molar-refractivity contribution in [1.82, 2.24) is 5.32 Å². The van der Waals surface area contributed by atoms with Crippen LogP contribution in [-0.2, 0) is 25.6 Å². The van der Waals surface area contributed by atoms with Crippen LogP contribution in [0.4, 0.5) is 0 Å². The molecule has 0 aromatic heterocycles. The van der Waals surface area contributed by atoms with Crippen molar-refractivity contribution in [2.75, 3.05) is 0 Å². The Bertz CT molecular complexity index is 1280. The van der Waals surface area contributed by atoms with Crippen molar-refractivity contribution < 1.29 is 44.0 Å². The van der Waals surface area contributed by atoms with E-state index in [9.17, 15) is 34.5 Å². The Balaban J connectivity index is 0.000000282. The molecular weight excluding hydrogens is 554 g/mol. The molecule has 10 heteroatoms. The van der Waals surface area contributed by atoms with Crippen LogP contribution in [0, 0.1) is 13.8 Å². The fourth-order valence-electron chi connectivity index (χ4n) is 4.42. The third-order valence-electron chi connectivity index (χ3n) is 6.94. The highest BCUT2D eigenvalue weighted by molar-refractivity contribution is 5.95. The van der Waals surface area contributed by atoms with Crippen molar-refractivity contribution in [2.24, 2.45) is 0 Å². The van der Waals surface area contributed by atoms with Gasteiger partial charge < -0.3 is 30.1 Å². The summed E-state index contributed by atoms with van der Waals surface area (Å²) in [6.45, 7) is 4.45. The Morgan fingerprint density at radius 3 is 1.58 bits per heavy atom. The minimum atomic E-state index is -2.22. The first-order chi connectivity index (χ1) is 20.5.